The number of ether oxygens (including phenoxy) is 1. The number of hydrogen-bond donors (Lipinski definition) is 1. The summed E-state index contributed by atoms with van der Waals surface area (Å²) in [6.45, 7) is 2.68. The van der Waals surface area contributed by atoms with Gasteiger partial charge in [0.15, 0.2) is 0 Å². The quantitative estimate of drug-likeness (QED) is 0.860. The first-order chi connectivity index (χ1) is 7.77. The third-order valence-electron chi connectivity index (χ3n) is 3.37. The highest BCUT2D eigenvalue weighted by molar-refractivity contribution is 7.09. The first kappa shape index (κ1) is 12.0. The van der Waals surface area contributed by atoms with Crippen LogP contribution in [0.1, 0.15) is 37.5 Å². The molecule has 3 nitrogen and oxygen atoms in total. The van der Waals surface area contributed by atoms with Gasteiger partial charge in [0, 0.05) is 24.1 Å². The van der Waals surface area contributed by atoms with Gasteiger partial charge in [-0.2, -0.15) is 0 Å². The number of hydrogen-bond acceptors (Lipinski definition) is 4. The topological polar surface area (TPSA) is 42.4 Å². The second-order valence-corrected chi connectivity index (χ2v) is 5.36. The minimum atomic E-state index is -0.393. The summed E-state index contributed by atoms with van der Waals surface area (Å²) in [5, 5.41) is 10.4. The Morgan fingerprint density at radius 1 is 1.56 bits per heavy atom. The highest BCUT2D eigenvalue weighted by Crippen LogP contribution is 2.37. The molecule has 1 fully saturated rings. The van der Waals surface area contributed by atoms with Crippen molar-refractivity contribution in [1.29, 1.82) is 0 Å². The van der Waals surface area contributed by atoms with Gasteiger partial charge in [0.1, 0.15) is 0 Å². The fourth-order valence-corrected chi connectivity index (χ4v) is 3.19. The molecule has 0 bridgehead atoms. The van der Waals surface area contributed by atoms with E-state index >= 15 is 0 Å². The molecule has 0 aromatic carbocycles. The zero-order valence-corrected chi connectivity index (χ0v) is 10.5. The first-order valence-electron chi connectivity index (χ1n) is 5.96. The van der Waals surface area contributed by atoms with Crippen molar-refractivity contribution in [3.63, 3.8) is 0 Å². The Kier molecular flexibility index (Phi) is 3.95. The van der Waals surface area contributed by atoms with Crippen molar-refractivity contribution in [3.05, 3.63) is 16.6 Å². The lowest BCUT2D eigenvalue weighted by molar-refractivity contribution is -0.115. The summed E-state index contributed by atoms with van der Waals surface area (Å²) in [4.78, 5) is 5.17. The molecule has 2 rings (SSSR count). The van der Waals surface area contributed by atoms with Crippen LogP contribution in [0.25, 0.3) is 0 Å². The molecule has 0 aliphatic heterocycles. The Morgan fingerprint density at radius 2 is 2.31 bits per heavy atom. The average Bonchev–Trinajstić information content (AvgIpc) is 2.89. The third-order valence-corrected chi connectivity index (χ3v) is 4.17. The van der Waals surface area contributed by atoms with Crippen molar-refractivity contribution in [1.82, 2.24) is 4.98 Å². The second-order valence-electron chi connectivity index (χ2n) is 4.39. The van der Waals surface area contributed by atoms with Crippen LogP contribution >= 0.6 is 11.3 Å². The van der Waals surface area contributed by atoms with Gasteiger partial charge in [0.05, 0.1) is 17.2 Å². The van der Waals surface area contributed by atoms with E-state index in [2.05, 4.69) is 4.98 Å². The van der Waals surface area contributed by atoms with Crippen LogP contribution in [0.4, 0.5) is 0 Å². The lowest BCUT2D eigenvalue weighted by Crippen LogP contribution is -2.43. The zero-order valence-electron chi connectivity index (χ0n) is 9.69. The van der Waals surface area contributed by atoms with E-state index in [1.807, 2.05) is 18.6 Å². The molecule has 1 saturated carbocycles. The Bertz CT molecular complexity index is 307. The monoisotopic (exact) mass is 241 g/mol. The maximum absolute atomic E-state index is 10.4. The molecular formula is C12H19NO2S. The summed E-state index contributed by atoms with van der Waals surface area (Å²) in [5.41, 5.74) is 1.52. The van der Waals surface area contributed by atoms with E-state index in [-0.39, 0.29) is 5.60 Å². The van der Waals surface area contributed by atoms with E-state index in [1.165, 1.54) is 12.8 Å². The van der Waals surface area contributed by atoms with Gasteiger partial charge in [-0.05, 0) is 19.8 Å². The van der Waals surface area contributed by atoms with E-state index < -0.39 is 6.10 Å². The van der Waals surface area contributed by atoms with Crippen LogP contribution < -0.4 is 0 Å². The van der Waals surface area contributed by atoms with Gasteiger partial charge in [-0.3, -0.25) is 4.98 Å². The summed E-state index contributed by atoms with van der Waals surface area (Å²) in [6.07, 6.45) is 6.42. The summed E-state index contributed by atoms with van der Waals surface area (Å²) in [7, 11) is 0. The molecule has 16 heavy (non-hydrogen) atoms. The van der Waals surface area contributed by atoms with Gasteiger partial charge in [-0.25, -0.2) is 0 Å². The van der Waals surface area contributed by atoms with Crippen LogP contribution in [0.5, 0.6) is 0 Å². The molecule has 0 amide bonds. The molecule has 1 heterocycles. The van der Waals surface area contributed by atoms with Crippen LogP contribution in [-0.2, 0) is 11.2 Å². The second kappa shape index (κ2) is 5.25. The van der Waals surface area contributed by atoms with Gasteiger partial charge < -0.3 is 9.84 Å². The lowest BCUT2D eigenvalue weighted by Gasteiger charge is -2.33. The molecule has 0 spiro atoms. The largest absolute Gasteiger partial charge is 0.390 e. The highest BCUT2D eigenvalue weighted by atomic mass is 32.1. The number of aliphatic hydroxyl groups excluding tert-OH is 1. The van der Waals surface area contributed by atoms with Crippen molar-refractivity contribution in [2.24, 2.45) is 0 Å². The number of nitrogens with zero attached hydrogens (tertiary/aromatic N) is 1. The van der Waals surface area contributed by atoms with Crippen LogP contribution in [0.15, 0.2) is 11.7 Å². The zero-order chi connectivity index (χ0) is 11.4. The van der Waals surface area contributed by atoms with Gasteiger partial charge in [-0.15, -0.1) is 11.3 Å². The molecule has 90 valence electrons. The number of aromatic nitrogens is 1. The summed E-state index contributed by atoms with van der Waals surface area (Å²) < 4.78 is 5.84. The fourth-order valence-electron chi connectivity index (χ4n) is 2.55. The highest BCUT2D eigenvalue weighted by Gasteiger charge is 2.41. The van der Waals surface area contributed by atoms with E-state index in [4.69, 9.17) is 4.74 Å². The molecule has 1 atom stereocenters. The molecular weight excluding hydrogens is 222 g/mol. The van der Waals surface area contributed by atoms with Crippen LogP contribution in [0, 0.1) is 0 Å². The van der Waals surface area contributed by atoms with Crippen LogP contribution in [0.2, 0.25) is 0 Å². The van der Waals surface area contributed by atoms with E-state index in [1.54, 1.807) is 11.3 Å². The van der Waals surface area contributed by atoms with Crippen LogP contribution in [0.3, 0.4) is 0 Å². The molecule has 0 saturated heterocycles. The standard InChI is InChI=1S/C12H19NO2S/c1-2-15-12(5-3-4-6-12)11(14)7-10-8-13-9-16-10/h8-9,11,14H,2-7H2,1H3. The summed E-state index contributed by atoms with van der Waals surface area (Å²) in [6, 6.07) is 0. The third kappa shape index (κ3) is 2.44. The van der Waals surface area contributed by atoms with E-state index in [9.17, 15) is 5.11 Å². The SMILES string of the molecule is CCOC1(C(O)Cc2cncs2)CCCC1. The summed E-state index contributed by atoms with van der Waals surface area (Å²) in [5.74, 6) is 0. The van der Waals surface area contributed by atoms with Crippen molar-refractivity contribution < 1.29 is 9.84 Å². The maximum Gasteiger partial charge on any atom is 0.0943 e. The Labute approximate surface area is 100 Å². The number of aliphatic hydroxyl groups is 1. The molecule has 4 heteroatoms. The molecule has 1 aliphatic rings. The molecule has 0 radical (unpaired) electrons. The Balaban J connectivity index is 2.02. The van der Waals surface area contributed by atoms with Gasteiger partial charge in [0.2, 0.25) is 0 Å². The number of rotatable bonds is 5. The van der Waals surface area contributed by atoms with E-state index in [0.29, 0.717) is 13.0 Å². The van der Waals surface area contributed by atoms with Gasteiger partial charge in [-0.1, -0.05) is 12.8 Å². The fraction of sp³-hybridized carbons (Fsp3) is 0.750. The molecule has 1 aliphatic carbocycles. The Morgan fingerprint density at radius 3 is 2.88 bits per heavy atom. The average molecular weight is 241 g/mol. The van der Waals surface area contributed by atoms with Crippen molar-refractivity contribution >= 4 is 11.3 Å². The minimum absolute atomic E-state index is 0.293. The molecule has 1 N–H and O–H groups in total. The van der Waals surface area contributed by atoms with Crippen molar-refractivity contribution in [2.45, 2.75) is 50.7 Å². The van der Waals surface area contributed by atoms with Crippen molar-refractivity contribution in [3.8, 4) is 0 Å². The predicted octanol–water partition coefficient (Wildman–Crippen LogP) is 2.40. The molecule has 1 aromatic rings. The van der Waals surface area contributed by atoms with Crippen LogP contribution in [-0.4, -0.2) is 28.4 Å². The minimum Gasteiger partial charge on any atom is -0.390 e. The molecule has 1 aromatic heterocycles. The molecule has 1 unspecified atom stereocenters. The lowest BCUT2D eigenvalue weighted by atomic mass is 9.92. The first-order valence-corrected chi connectivity index (χ1v) is 6.84. The van der Waals surface area contributed by atoms with Gasteiger partial charge >= 0.3 is 0 Å². The smallest absolute Gasteiger partial charge is 0.0943 e. The Hall–Kier alpha value is -0.450. The predicted molar refractivity (Wildman–Crippen MR) is 64.6 cm³/mol. The maximum atomic E-state index is 10.4. The normalized spacial score (nSPS) is 21.1. The van der Waals surface area contributed by atoms with Crippen molar-refractivity contribution in [2.75, 3.05) is 6.61 Å². The van der Waals surface area contributed by atoms with Gasteiger partial charge in [0.25, 0.3) is 0 Å². The van der Waals surface area contributed by atoms with E-state index in [0.717, 1.165) is 17.7 Å². The summed E-state index contributed by atoms with van der Waals surface area (Å²) >= 11 is 1.60. The number of thiazole rings is 1.